The molecular weight excluding hydrogens is 328 g/mol. The third-order valence-electron chi connectivity index (χ3n) is 4.23. The fraction of sp³-hybridized carbons (Fsp3) is 0.190. The van der Waals surface area contributed by atoms with E-state index in [1.165, 1.54) is 11.8 Å². The van der Waals surface area contributed by atoms with E-state index in [1.54, 1.807) is 0 Å². The topological polar surface area (TPSA) is 42.9 Å². The zero-order valence-electron chi connectivity index (χ0n) is 14.6. The van der Waals surface area contributed by atoms with E-state index in [9.17, 15) is 4.79 Å². The number of aryl methyl sites for hydroxylation is 2. The van der Waals surface area contributed by atoms with Crippen molar-refractivity contribution >= 4 is 17.5 Å². The van der Waals surface area contributed by atoms with Gasteiger partial charge in [0.25, 0.3) is 0 Å². The quantitative estimate of drug-likeness (QED) is 0.365. The Morgan fingerprint density at radius 1 is 0.840 bits per heavy atom. The summed E-state index contributed by atoms with van der Waals surface area (Å²) in [6.07, 6.45) is 0. The van der Waals surface area contributed by atoms with Crippen molar-refractivity contribution in [1.82, 2.24) is 9.97 Å². The van der Waals surface area contributed by atoms with Crippen molar-refractivity contribution in [3.63, 3.8) is 0 Å². The van der Waals surface area contributed by atoms with Gasteiger partial charge in [-0.25, -0.2) is 9.97 Å². The predicted octanol–water partition coefficient (Wildman–Crippen LogP) is 5.12. The maximum absolute atomic E-state index is 13.1. The van der Waals surface area contributed by atoms with Crippen molar-refractivity contribution in [2.75, 3.05) is 0 Å². The SMILES string of the molecule is Cc1nc(S[C@@H](C(=O)c2ccccc2)c2ccccc2)nc(C)c1C. The lowest BCUT2D eigenvalue weighted by Crippen LogP contribution is -2.11. The van der Waals surface area contributed by atoms with Crippen LogP contribution in [0.1, 0.15) is 38.1 Å². The summed E-state index contributed by atoms with van der Waals surface area (Å²) >= 11 is 1.41. The van der Waals surface area contributed by atoms with Gasteiger partial charge in [-0.2, -0.15) is 0 Å². The van der Waals surface area contributed by atoms with E-state index in [0.717, 1.165) is 22.5 Å². The summed E-state index contributed by atoms with van der Waals surface area (Å²) in [4.78, 5) is 22.3. The average Bonchev–Trinajstić information content (AvgIpc) is 2.65. The van der Waals surface area contributed by atoms with Crippen molar-refractivity contribution in [2.24, 2.45) is 0 Å². The van der Waals surface area contributed by atoms with E-state index in [0.29, 0.717) is 10.7 Å². The number of Topliss-reactive ketones (excluding diaryl/α,β-unsaturated/α-hetero) is 1. The lowest BCUT2D eigenvalue weighted by atomic mass is 10.0. The molecule has 0 aliphatic heterocycles. The molecular formula is C21H20N2OS. The van der Waals surface area contributed by atoms with E-state index in [2.05, 4.69) is 9.97 Å². The average molecular weight is 348 g/mol. The minimum atomic E-state index is -0.370. The summed E-state index contributed by atoms with van der Waals surface area (Å²) in [5.74, 6) is 0.0660. The Labute approximate surface area is 152 Å². The molecule has 25 heavy (non-hydrogen) atoms. The first-order chi connectivity index (χ1) is 12.1. The maximum Gasteiger partial charge on any atom is 0.189 e. The van der Waals surface area contributed by atoms with Crippen LogP contribution in [0.5, 0.6) is 0 Å². The van der Waals surface area contributed by atoms with Gasteiger partial charge in [0.05, 0.1) is 0 Å². The molecule has 0 unspecified atom stereocenters. The highest BCUT2D eigenvalue weighted by atomic mass is 32.2. The summed E-state index contributed by atoms with van der Waals surface area (Å²) in [5.41, 5.74) is 4.66. The van der Waals surface area contributed by atoms with Crippen LogP contribution in [0.3, 0.4) is 0 Å². The van der Waals surface area contributed by atoms with Gasteiger partial charge in [-0.1, -0.05) is 72.4 Å². The zero-order chi connectivity index (χ0) is 17.8. The Balaban J connectivity index is 1.99. The first kappa shape index (κ1) is 17.4. The molecule has 126 valence electrons. The Morgan fingerprint density at radius 3 is 1.92 bits per heavy atom. The third kappa shape index (κ3) is 3.97. The summed E-state index contributed by atoms with van der Waals surface area (Å²) in [6.45, 7) is 5.97. The molecule has 0 fully saturated rings. The molecule has 1 heterocycles. The molecule has 0 N–H and O–H groups in total. The van der Waals surface area contributed by atoms with Gasteiger partial charge in [0, 0.05) is 17.0 Å². The normalized spacial score (nSPS) is 12.0. The number of benzene rings is 2. The molecule has 0 spiro atoms. The van der Waals surface area contributed by atoms with Gasteiger partial charge in [-0.3, -0.25) is 4.79 Å². The standard InChI is InChI=1S/C21H20N2OS/c1-14-15(2)22-21(23-16(14)3)25-20(18-12-8-5-9-13-18)19(24)17-10-6-4-7-11-17/h4-13,20H,1-3H3/t20-/m1/s1. The molecule has 0 amide bonds. The van der Waals surface area contributed by atoms with Crippen LogP contribution in [0.15, 0.2) is 65.8 Å². The first-order valence-electron chi connectivity index (χ1n) is 8.19. The van der Waals surface area contributed by atoms with Crippen LogP contribution in [0, 0.1) is 20.8 Å². The second kappa shape index (κ2) is 7.62. The number of carbonyl (C=O) groups is 1. The monoisotopic (exact) mass is 348 g/mol. The fourth-order valence-corrected chi connectivity index (χ4v) is 3.68. The highest BCUT2D eigenvalue weighted by Gasteiger charge is 2.24. The lowest BCUT2D eigenvalue weighted by molar-refractivity contribution is 0.0989. The van der Waals surface area contributed by atoms with Crippen LogP contribution in [0.4, 0.5) is 0 Å². The van der Waals surface area contributed by atoms with Crippen LogP contribution < -0.4 is 0 Å². The van der Waals surface area contributed by atoms with Gasteiger partial charge in [-0.15, -0.1) is 0 Å². The first-order valence-corrected chi connectivity index (χ1v) is 9.07. The van der Waals surface area contributed by atoms with Gasteiger partial charge in [0.2, 0.25) is 0 Å². The number of rotatable bonds is 5. The molecule has 0 saturated heterocycles. The second-order valence-corrected chi connectivity index (χ2v) is 7.01. The predicted molar refractivity (Wildman–Crippen MR) is 102 cm³/mol. The highest BCUT2D eigenvalue weighted by Crippen LogP contribution is 2.36. The number of ketones is 1. The van der Waals surface area contributed by atoms with Crippen LogP contribution in [-0.4, -0.2) is 15.8 Å². The molecule has 4 heteroatoms. The molecule has 0 bridgehead atoms. The Morgan fingerprint density at radius 2 is 1.36 bits per heavy atom. The number of nitrogens with zero attached hydrogens (tertiary/aromatic N) is 2. The highest BCUT2D eigenvalue weighted by molar-refractivity contribution is 8.00. The minimum Gasteiger partial charge on any atom is -0.293 e. The maximum atomic E-state index is 13.1. The van der Waals surface area contributed by atoms with E-state index in [1.807, 2.05) is 81.4 Å². The van der Waals surface area contributed by atoms with Gasteiger partial charge in [0.15, 0.2) is 10.9 Å². The molecule has 0 saturated carbocycles. The van der Waals surface area contributed by atoms with Crippen LogP contribution in [0.2, 0.25) is 0 Å². The second-order valence-electron chi connectivity index (χ2n) is 5.94. The van der Waals surface area contributed by atoms with E-state index in [4.69, 9.17) is 0 Å². The Hall–Kier alpha value is -2.46. The summed E-state index contributed by atoms with van der Waals surface area (Å²) in [7, 11) is 0. The number of carbonyl (C=O) groups excluding carboxylic acids is 1. The molecule has 0 radical (unpaired) electrons. The van der Waals surface area contributed by atoms with Gasteiger partial charge >= 0.3 is 0 Å². The van der Waals surface area contributed by atoms with Gasteiger partial charge in [-0.05, 0) is 31.9 Å². The van der Waals surface area contributed by atoms with Crippen LogP contribution in [0.25, 0.3) is 0 Å². The fourth-order valence-electron chi connectivity index (χ4n) is 2.55. The molecule has 3 nitrogen and oxygen atoms in total. The Bertz CT molecular complexity index is 856. The van der Waals surface area contributed by atoms with Crippen LogP contribution in [-0.2, 0) is 0 Å². The molecule has 3 aromatic rings. The van der Waals surface area contributed by atoms with Crippen molar-refractivity contribution in [2.45, 2.75) is 31.2 Å². The number of hydrogen-bond donors (Lipinski definition) is 0. The smallest absolute Gasteiger partial charge is 0.189 e. The van der Waals surface area contributed by atoms with Crippen molar-refractivity contribution in [3.05, 3.63) is 88.7 Å². The summed E-state index contributed by atoms with van der Waals surface area (Å²) < 4.78 is 0. The molecule has 0 aliphatic carbocycles. The molecule has 3 rings (SSSR count). The molecule has 2 aromatic carbocycles. The van der Waals surface area contributed by atoms with E-state index >= 15 is 0 Å². The molecule has 0 aliphatic rings. The van der Waals surface area contributed by atoms with Gasteiger partial charge < -0.3 is 0 Å². The summed E-state index contributed by atoms with van der Waals surface area (Å²) in [6, 6.07) is 19.2. The van der Waals surface area contributed by atoms with Crippen molar-refractivity contribution in [1.29, 1.82) is 0 Å². The van der Waals surface area contributed by atoms with Crippen molar-refractivity contribution < 1.29 is 4.79 Å². The zero-order valence-corrected chi connectivity index (χ0v) is 15.4. The van der Waals surface area contributed by atoms with Crippen molar-refractivity contribution in [3.8, 4) is 0 Å². The van der Waals surface area contributed by atoms with Gasteiger partial charge in [0.1, 0.15) is 5.25 Å². The summed E-state index contributed by atoms with van der Waals surface area (Å²) in [5, 5.41) is 0.267. The largest absolute Gasteiger partial charge is 0.293 e. The lowest BCUT2D eigenvalue weighted by Gasteiger charge is -2.16. The number of hydrogen-bond acceptors (Lipinski definition) is 4. The minimum absolute atomic E-state index is 0.0660. The molecule has 1 aromatic heterocycles. The number of aromatic nitrogens is 2. The molecule has 1 atom stereocenters. The third-order valence-corrected chi connectivity index (χ3v) is 5.35. The van der Waals surface area contributed by atoms with Crippen LogP contribution >= 0.6 is 11.8 Å². The van der Waals surface area contributed by atoms with E-state index in [-0.39, 0.29) is 11.0 Å². The van der Waals surface area contributed by atoms with E-state index < -0.39 is 0 Å². The Kier molecular flexibility index (Phi) is 5.29. The number of thioether (sulfide) groups is 1.